The van der Waals surface area contributed by atoms with E-state index in [0.29, 0.717) is 12.4 Å². The minimum atomic E-state index is -0.254. The molecule has 124 valence electrons. The quantitative estimate of drug-likeness (QED) is 0.558. The third-order valence-corrected chi connectivity index (χ3v) is 4.73. The third kappa shape index (κ3) is 3.32. The number of rotatable bonds is 4. The molecular formula is C18H14FN5S. The average Bonchev–Trinajstić information content (AvgIpc) is 3.26. The van der Waals surface area contributed by atoms with E-state index in [-0.39, 0.29) is 5.82 Å². The third-order valence-electron chi connectivity index (χ3n) is 3.79. The molecule has 5 nitrogen and oxygen atoms in total. The molecule has 4 aromatic rings. The lowest BCUT2D eigenvalue weighted by atomic mass is 10.1. The second-order valence-corrected chi connectivity index (χ2v) is 6.47. The van der Waals surface area contributed by atoms with Crippen LogP contribution in [0.4, 0.5) is 4.39 Å². The van der Waals surface area contributed by atoms with Gasteiger partial charge >= 0.3 is 0 Å². The SMILES string of the molecule is Cc1ccccc1-c1nnn(Cc2csc(-c3ccc(F)cc3)n2)n1. The molecule has 25 heavy (non-hydrogen) atoms. The molecular weight excluding hydrogens is 337 g/mol. The highest BCUT2D eigenvalue weighted by molar-refractivity contribution is 7.13. The number of thiazole rings is 1. The zero-order chi connectivity index (χ0) is 17.2. The van der Waals surface area contributed by atoms with Gasteiger partial charge < -0.3 is 0 Å². The fourth-order valence-electron chi connectivity index (χ4n) is 2.49. The average molecular weight is 351 g/mol. The molecule has 4 rings (SSSR count). The van der Waals surface area contributed by atoms with Gasteiger partial charge in [0.05, 0.1) is 5.69 Å². The molecule has 0 unspecified atom stereocenters. The Hall–Kier alpha value is -2.93. The largest absolute Gasteiger partial charge is 0.239 e. The lowest BCUT2D eigenvalue weighted by Gasteiger charge is -1.98. The number of tetrazole rings is 1. The first-order valence-electron chi connectivity index (χ1n) is 7.73. The van der Waals surface area contributed by atoms with Crippen molar-refractivity contribution >= 4 is 11.3 Å². The minimum Gasteiger partial charge on any atom is -0.239 e. The summed E-state index contributed by atoms with van der Waals surface area (Å²) in [4.78, 5) is 6.11. The van der Waals surface area contributed by atoms with E-state index in [2.05, 4.69) is 20.4 Å². The maximum atomic E-state index is 13.0. The zero-order valence-corrected chi connectivity index (χ0v) is 14.2. The Labute approximate surface area is 147 Å². The van der Waals surface area contributed by atoms with Gasteiger partial charge in [0.15, 0.2) is 0 Å². The van der Waals surface area contributed by atoms with Crippen LogP contribution in [0.5, 0.6) is 0 Å². The van der Waals surface area contributed by atoms with Crippen molar-refractivity contribution < 1.29 is 4.39 Å². The molecule has 0 N–H and O–H groups in total. The van der Waals surface area contributed by atoms with Crippen LogP contribution < -0.4 is 0 Å². The first-order chi connectivity index (χ1) is 12.2. The summed E-state index contributed by atoms with van der Waals surface area (Å²) in [5.74, 6) is 0.350. The number of nitrogens with zero attached hydrogens (tertiary/aromatic N) is 5. The van der Waals surface area contributed by atoms with Gasteiger partial charge in [0.1, 0.15) is 17.4 Å². The van der Waals surface area contributed by atoms with Crippen LogP contribution in [0.15, 0.2) is 53.9 Å². The highest BCUT2D eigenvalue weighted by atomic mass is 32.1. The standard InChI is InChI=1S/C18H14FN5S/c1-12-4-2-3-5-16(12)17-21-23-24(22-17)10-15-11-25-18(20-15)13-6-8-14(19)9-7-13/h2-9,11H,10H2,1H3. The van der Waals surface area contributed by atoms with Crippen LogP contribution in [-0.4, -0.2) is 25.2 Å². The molecule has 0 aliphatic rings. The van der Waals surface area contributed by atoms with E-state index in [0.717, 1.165) is 27.4 Å². The molecule has 0 spiro atoms. The molecule has 0 radical (unpaired) electrons. The van der Waals surface area contributed by atoms with Crippen LogP contribution >= 0.6 is 11.3 Å². The molecule has 0 saturated carbocycles. The Bertz CT molecular complexity index is 1010. The number of hydrogen-bond acceptors (Lipinski definition) is 5. The minimum absolute atomic E-state index is 0.254. The summed E-state index contributed by atoms with van der Waals surface area (Å²) < 4.78 is 13.0. The molecule has 0 aliphatic heterocycles. The molecule has 2 aromatic carbocycles. The number of aryl methyl sites for hydroxylation is 1. The van der Waals surface area contributed by atoms with Crippen molar-refractivity contribution in [2.75, 3.05) is 0 Å². The monoisotopic (exact) mass is 351 g/mol. The summed E-state index contributed by atoms with van der Waals surface area (Å²) in [5, 5.41) is 15.5. The van der Waals surface area contributed by atoms with Gasteiger partial charge in [-0.3, -0.25) is 0 Å². The maximum absolute atomic E-state index is 13.0. The number of aromatic nitrogens is 5. The van der Waals surface area contributed by atoms with Gasteiger partial charge in [-0.2, -0.15) is 4.80 Å². The van der Waals surface area contributed by atoms with Crippen molar-refractivity contribution in [3.8, 4) is 22.0 Å². The predicted molar refractivity (Wildman–Crippen MR) is 94.6 cm³/mol. The molecule has 7 heteroatoms. The van der Waals surface area contributed by atoms with Gasteiger partial charge in [0, 0.05) is 16.5 Å². The second kappa shape index (κ2) is 6.52. The summed E-state index contributed by atoms with van der Waals surface area (Å²) in [6.45, 7) is 2.46. The van der Waals surface area contributed by atoms with Crippen LogP contribution in [0.3, 0.4) is 0 Å². The first kappa shape index (κ1) is 15.6. The van der Waals surface area contributed by atoms with Gasteiger partial charge in [-0.25, -0.2) is 9.37 Å². The maximum Gasteiger partial charge on any atom is 0.205 e. The Morgan fingerprint density at radius 2 is 1.88 bits per heavy atom. The summed E-state index contributed by atoms with van der Waals surface area (Å²) >= 11 is 1.51. The van der Waals surface area contributed by atoms with Gasteiger partial charge in [0.2, 0.25) is 5.82 Å². The summed E-state index contributed by atoms with van der Waals surface area (Å²) in [6, 6.07) is 14.3. The number of hydrogen-bond donors (Lipinski definition) is 0. The summed E-state index contributed by atoms with van der Waals surface area (Å²) in [6.07, 6.45) is 0. The molecule has 0 fully saturated rings. The van der Waals surface area contributed by atoms with Crippen molar-refractivity contribution in [2.24, 2.45) is 0 Å². The topological polar surface area (TPSA) is 56.5 Å². The van der Waals surface area contributed by atoms with Gasteiger partial charge in [-0.05, 0) is 42.0 Å². The molecule has 0 aliphatic carbocycles. The highest BCUT2D eigenvalue weighted by Crippen LogP contribution is 2.24. The molecule has 0 atom stereocenters. The van der Waals surface area contributed by atoms with Crippen LogP contribution in [-0.2, 0) is 6.54 Å². The van der Waals surface area contributed by atoms with Crippen LogP contribution in [0.2, 0.25) is 0 Å². The van der Waals surface area contributed by atoms with Crippen molar-refractivity contribution in [2.45, 2.75) is 13.5 Å². The first-order valence-corrected chi connectivity index (χ1v) is 8.61. The second-order valence-electron chi connectivity index (χ2n) is 5.61. The molecule has 2 aromatic heterocycles. The van der Waals surface area contributed by atoms with Crippen LogP contribution in [0, 0.1) is 12.7 Å². The highest BCUT2D eigenvalue weighted by Gasteiger charge is 2.10. The normalized spacial score (nSPS) is 11.0. The summed E-state index contributed by atoms with van der Waals surface area (Å²) in [7, 11) is 0. The van der Waals surface area contributed by atoms with E-state index in [4.69, 9.17) is 0 Å². The van der Waals surface area contributed by atoms with Crippen molar-refractivity contribution in [3.05, 3.63) is 71.0 Å². The van der Waals surface area contributed by atoms with Gasteiger partial charge in [-0.15, -0.1) is 21.5 Å². The molecule has 0 saturated heterocycles. The van der Waals surface area contributed by atoms with E-state index in [1.54, 1.807) is 12.1 Å². The zero-order valence-electron chi connectivity index (χ0n) is 13.4. The molecule has 2 heterocycles. The van der Waals surface area contributed by atoms with Crippen LogP contribution in [0.1, 0.15) is 11.3 Å². The van der Waals surface area contributed by atoms with E-state index in [1.807, 2.05) is 36.6 Å². The van der Waals surface area contributed by atoms with Crippen molar-refractivity contribution in [3.63, 3.8) is 0 Å². The van der Waals surface area contributed by atoms with E-state index in [1.165, 1.54) is 28.3 Å². The number of halogens is 1. The Morgan fingerprint density at radius 3 is 2.68 bits per heavy atom. The molecule has 0 amide bonds. The predicted octanol–water partition coefficient (Wildman–Crippen LogP) is 3.96. The molecule has 0 bridgehead atoms. The Balaban J connectivity index is 1.54. The van der Waals surface area contributed by atoms with E-state index in [9.17, 15) is 4.39 Å². The van der Waals surface area contributed by atoms with Gasteiger partial charge in [-0.1, -0.05) is 24.3 Å². The Morgan fingerprint density at radius 1 is 1.08 bits per heavy atom. The van der Waals surface area contributed by atoms with Crippen molar-refractivity contribution in [1.82, 2.24) is 25.2 Å². The Kier molecular flexibility index (Phi) is 4.07. The summed E-state index contributed by atoms with van der Waals surface area (Å²) in [5.41, 5.74) is 3.82. The fraction of sp³-hybridized carbons (Fsp3) is 0.111. The smallest absolute Gasteiger partial charge is 0.205 e. The fourth-order valence-corrected chi connectivity index (χ4v) is 3.31. The van der Waals surface area contributed by atoms with Gasteiger partial charge in [0.25, 0.3) is 0 Å². The van der Waals surface area contributed by atoms with Crippen LogP contribution in [0.25, 0.3) is 22.0 Å². The van der Waals surface area contributed by atoms with E-state index < -0.39 is 0 Å². The van der Waals surface area contributed by atoms with E-state index >= 15 is 0 Å². The number of benzene rings is 2. The van der Waals surface area contributed by atoms with Crippen molar-refractivity contribution in [1.29, 1.82) is 0 Å². The lowest BCUT2D eigenvalue weighted by Crippen LogP contribution is -2.04. The lowest BCUT2D eigenvalue weighted by molar-refractivity contribution is 0.566.